The number of benzene rings is 1. The molecular formula is C24H19N3O6+2. The number of ether oxygens (including phenoxy) is 3. The Morgan fingerprint density at radius 3 is 1.67 bits per heavy atom. The summed E-state index contributed by atoms with van der Waals surface area (Å²) in [6.07, 6.45) is 8.36. The fourth-order valence-corrected chi connectivity index (χ4v) is 2.85. The number of allylic oxidation sites excluding steroid dienone is 2. The van der Waals surface area contributed by atoms with Gasteiger partial charge in [-0.1, -0.05) is 12.2 Å². The minimum absolute atomic E-state index is 0.0252. The number of dihydropyridines is 1. The van der Waals surface area contributed by atoms with Gasteiger partial charge in [0.1, 0.15) is 0 Å². The zero-order chi connectivity index (χ0) is 23.0. The Bertz CT molecular complexity index is 1170. The Balaban J connectivity index is 1.63. The van der Waals surface area contributed by atoms with Crippen LogP contribution in [0.4, 0.5) is 0 Å². The summed E-state index contributed by atoms with van der Waals surface area (Å²) in [5, 5.41) is 2.90. The van der Waals surface area contributed by atoms with Crippen molar-refractivity contribution >= 4 is 17.9 Å². The van der Waals surface area contributed by atoms with Crippen molar-refractivity contribution in [3.05, 3.63) is 108 Å². The summed E-state index contributed by atoms with van der Waals surface area (Å²) in [6.45, 7) is 0.504. The Morgan fingerprint density at radius 2 is 1.24 bits per heavy atom. The highest BCUT2D eigenvalue weighted by Crippen LogP contribution is 2.17. The first kappa shape index (κ1) is 21.4. The largest absolute Gasteiger partial charge is 0.406 e. The number of aromatic nitrogens is 2. The molecule has 4 rings (SSSR count). The van der Waals surface area contributed by atoms with E-state index < -0.39 is 17.9 Å². The molecule has 164 valence electrons. The zero-order valence-electron chi connectivity index (χ0n) is 17.2. The number of hydrogen-bond donors (Lipinski definition) is 1. The summed E-state index contributed by atoms with van der Waals surface area (Å²) in [5.74, 6) is -1.66. The number of carbonyl (C=O) groups excluding carboxylic acids is 3. The van der Waals surface area contributed by atoms with Crippen molar-refractivity contribution in [3.63, 3.8) is 0 Å². The van der Waals surface area contributed by atoms with Crippen LogP contribution in [-0.4, -0.2) is 24.5 Å². The van der Waals surface area contributed by atoms with Crippen LogP contribution < -0.4 is 24.8 Å². The van der Waals surface area contributed by atoms with E-state index >= 15 is 0 Å². The maximum absolute atomic E-state index is 12.7. The van der Waals surface area contributed by atoms with Crippen LogP contribution in [0.3, 0.4) is 0 Å². The number of carbonyl (C=O) groups is 3. The van der Waals surface area contributed by atoms with Crippen molar-refractivity contribution in [1.29, 1.82) is 0 Å². The van der Waals surface area contributed by atoms with Crippen molar-refractivity contribution in [3.8, 4) is 11.8 Å². The molecular weight excluding hydrogens is 426 g/mol. The van der Waals surface area contributed by atoms with Crippen LogP contribution in [0.2, 0.25) is 0 Å². The van der Waals surface area contributed by atoms with E-state index in [2.05, 4.69) is 15.3 Å². The molecule has 0 saturated carbocycles. The molecule has 0 unspecified atom stereocenters. The molecule has 9 nitrogen and oxygen atoms in total. The van der Waals surface area contributed by atoms with Crippen molar-refractivity contribution < 1.29 is 38.6 Å². The fraction of sp³-hybridized carbons (Fsp3) is 0.0417. The van der Waals surface area contributed by atoms with Gasteiger partial charge in [-0.15, -0.1) is 0 Å². The smallest absolute Gasteiger partial charge is 0.374 e. The molecule has 1 aliphatic rings. The average Bonchev–Trinajstić information content (AvgIpc) is 2.85. The molecule has 1 aliphatic heterocycles. The maximum Gasteiger partial charge on any atom is 0.374 e. The predicted octanol–water partition coefficient (Wildman–Crippen LogP) is 1.91. The molecule has 0 amide bonds. The van der Waals surface area contributed by atoms with Crippen molar-refractivity contribution in [2.45, 2.75) is 0 Å². The van der Waals surface area contributed by atoms with Gasteiger partial charge in [-0.3, -0.25) is 0 Å². The van der Waals surface area contributed by atoms with Gasteiger partial charge in [-0.25, -0.2) is 14.4 Å². The van der Waals surface area contributed by atoms with Crippen LogP contribution in [0, 0.1) is 0 Å². The second kappa shape index (κ2) is 10.0. The van der Waals surface area contributed by atoms with E-state index in [-0.39, 0.29) is 34.3 Å². The molecule has 2 aromatic heterocycles. The standard InChI is InChI=1S/C24H17N3O6/c28-22(31-19-7-1-4-10-25-19)16-13-17(23(29)32-20-8-2-5-11-26-20)15-18(14-16)24(30)33-21-9-3-6-12-27-21/h1-11,13-15,27H,12H2/p+2. The molecule has 9 heteroatoms. The van der Waals surface area contributed by atoms with Gasteiger partial charge in [0.2, 0.25) is 0 Å². The predicted molar refractivity (Wildman–Crippen MR) is 113 cm³/mol. The zero-order valence-corrected chi connectivity index (χ0v) is 17.2. The number of H-pyrrole nitrogens is 2. The molecule has 3 heterocycles. The summed E-state index contributed by atoms with van der Waals surface area (Å²) in [4.78, 5) is 43.7. The summed E-state index contributed by atoms with van der Waals surface area (Å²) >= 11 is 0. The molecule has 0 bridgehead atoms. The lowest BCUT2D eigenvalue weighted by atomic mass is 10.1. The highest BCUT2D eigenvalue weighted by Gasteiger charge is 2.22. The third-order valence-corrected chi connectivity index (χ3v) is 4.39. The van der Waals surface area contributed by atoms with E-state index in [0.29, 0.717) is 6.54 Å². The quantitative estimate of drug-likeness (QED) is 0.576. The Labute approximate surface area is 188 Å². The normalized spacial score (nSPS) is 12.2. The fourth-order valence-electron chi connectivity index (χ4n) is 2.85. The van der Waals surface area contributed by atoms with Crippen LogP contribution in [0.25, 0.3) is 0 Å². The summed E-state index contributed by atoms with van der Waals surface area (Å²) in [7, 11) is 0. The molecule has 3 N–H and O–H groups in total. The van der Waals surface area contributed by atoms with Gasteiger partial charge < -0.3 is 19.5 Å². The highest BCUT2D eigenvalue weighted by molar-refractivity contribution is 6.01. The van der Waals surface area contributed by atoms with E-state index in [1.165, 1.54) is 18.2 Å². The minimum Gasteiger partial charge on any atom is -0.406 e. The molecule has 0 saturated heterocycles. The van der Waals surface area contributed by atoms with Crippen molar-refractivity contribution in [2.24, 2.45) is 0 Å². The van der Waals surface area contributed by atoms with Gasteiger partial charge >= 0.3 is 29.7 Å². The van der Waals surface area contributed by atoms with E-state index in [4.69, 9.17) is 14.2 Å². The lowest BCUT2D eigenvalue weighted by Crippen LogP contribution is -2.22. The number of rotatable bonds is 6. The topological polar surface area (TPSA) is 119 Å². The lowest BCUT2D eigenvalue weighted by molar-refractivity contribution is -0.390. The number of pyridine rings is 2. The third-order valence-electron chi connectivity index (χ3n) is 4.39. The van der Waals surface area contributed by atoms with Gasteiger partial charge in [-0.05, 0) is 36.4 Å². The average molecular weight is 445 g/mol. The molecule has 0 spiro atoms. The maximum atomic E-state index is 12.7. The van der Waals surface area contributed by atoms with Gasteiger partial charge in [0.15, 0.2) is 18.3 Å². The van der Waals surface area contributed by atoms with E-state index in [1.54, 1.807) is 60.9 Å². The summed E-state index contributed by atoms with van der Waals surface area (Å²) in [6, 6.07) is 13.8. The van der Waals surface area contributed by atoms with Gasteiger partial charge in [0.25, 0.3) is 0 Å². The van der Waals surface area contributed by atoms with E-state index in [1.807, 2.05) is 6.08 Å². The molecule has 0 radical (unpaired) electrons. The second-order valence-electron chi connectivity index (χ2n) is 6.76. The third kappa shape index (κ3) is 5.67. The molecule has 0 atom stereocenters. The van der Waals surface area contributed by atoms with Crippen LogP contribution in [-0.2, 0) is 4.74 Å². The van der Waals surface area contributed by atoms with Crippen LogP contribution in [0.5, 0.6) is 11.8 Å². The summed E-state index contributed by atoms with van der Waals surface area (Å²) < 4.78 is 15.9. The lowest BCUT2D eigenvalue weighted by Gasteiger charge is -2.13. The molecule has 0 aliphatic carbocycles. The minimum atomic E-state index is -0.773. The van der Waals surface area contributed by atoms with Gasteiger partial charge in [0.05, 0.1) is 28.8 Å². The number of hydrogen-bond acceptors (Lipinski definition) is 7. The van der Waals surface area contributed by atoms with E-state index in [0.717, 1.165) is 0 Å². The monoisotopic (exact) mass is 445 g/mol. The van der Waals surface area contributed by atoms with Crippen LogP contribution >= 0.6 is 0 Å². The highest BCUT2D eigenvalue weighted by atomic mass is 16.6. The molecule has 0 fully saturated rings. The number of nitrogens with one attached hydrogen (secondary N) is 3. The van der Waals surface area contributed by atoms with Crippen LogP contribution in [0.1, 0.15) is 31.1 Å². The first-order valence-electron chi connectivity index (χ1n) is 9.94. The Morgan fingerprint density at radius 1 is 0.727 bits per heavy atom. The first-order chi connectivity index (χ1) is 16.1. The second-order valence-corrected chi connectivity index (χ2v) is 6.76. The molecule has 1 aromatic carbocycles. The summed E-state index contributed by atoms with van der Waals surface area (Å²) in [5.41, 5.74) is -0.0879. The van der Waals surface area contributed by atoms with Gasteiger partial charge in [-0.2, -0.15) is 9.97 Å². The van der Waals surface area contributed by atoms with E-state index in [9.17, 15) is 14.4 Å². The Hall–Kier alpha value is -4.79. The van der Waals surface area contributed by atoms with Crippen LogP contribution in [0.15, 0.2) is 91.1 Å². The number of esters is 3. The number of aromatic amines is 2. The molecule has 33 heavy (non-hydrogen) atoms. The van der Waals surface area contributed by atoms with Gasteiger partial charge in [0, 0.05) is 18.7 Å². The van der Waals surface area contributed by atoms with Crippen molar-refractivity contribution in [1.82, 2.24) is 5.32 Å². The SMILES string of the molecule is O=C(OC1=CC=CCN1)c1cc(C(=O)Oc2cccc[nH+]2)cc(C(=O)Oc2cccc[nH+]2)c1. The van der Waals surface area contributed by atoms with Crippen molar-refractivity contribution in [2.75, 3.05) is 6.54 Å². The molecule has 3 aromatic rings. The Kier molecular flexibility index (Phi) is 6.51. The first-order valence-corrected chi connectivity index (χ1v) is 9.94.